The first-order chi connectivity index (χ1) is 9.19. The van der Waals surface area contributed by atoms with E-state index >= 15 is 0 Å². The predicted molar refractivity (Wildman–Crippen MR) is 85.7 cm³/mol. The van der Waals surface area contributed by atoms with Crippen LogP contribution in [0.1, 0.15) is 25.3 Å². The lowest BCUT2D eigenvalue weighted by molar-refractivity contribution is 0.176. The van der Waals surface area contributed by atoms with Gasteiger partial charge in [-0.15, -0.1) is 0 Å². The van der Waals surface area contributed by atoms with Gasteiger partial charge in [0.25, 0.3) is 0 Å². The quantitative estimate of drug-likeness (QED) is 0.870. The van der Waals surface area contributed by atoms with Crippen molar-refractivity contribution in [3.8, 4) is 0 Å². The lowest BCUT2D eigenvalue weighted by Gasteiger charge is -2.32. The van der Waals surface area contributed by atoms with Crippen LogP contribution in [0.15, 0.2) is 22.7 Å². The minimum atomic E-state index is 0.842. The second-order valence-corrected chi connectivity index (χ2v) is 6.59. The number of nitrogens with one attached hydrogen (secondary N) is 1. The Balaban J connectivity index is 1.83. The highest BCUT2D eigenvalue weighted by atomic mass is 79.9. The molecular formula is C15H22BrClN2. The Labute approximate surface area is 129 Å². The van der Waals surface area contributed by atoms with Gasteiger partial charge >= 0.3 is 0 Å². The first-order valence-electron chi connectivity index (χ1n) is 7.06. The molecule has 1 fully saturated rings. The van der Waals surface area contributed by atoms with Gasteiger partial charge in [-0.25, -0.2) is 0 Å². The van der Waals surface area contributed by atoms with Crippen LogP contribution in [-0.2, 0) is 6.54 Å². The first kappa shape index (κ1) is 15.3. The number of hydrogen-bond acceptors (Lipinski definition) is 2. The maximum atomic E-state index is 6.26. The van der Waals surface area contributed by atoms with E-state index in [9.17, 15) is 0 Å². The van der Waals surface area contributed by atoms with Gasteiger partial charge in [0.15, 0.2) is 0 Å². The minimum Gasteiger partial charge on any atom is -0.317 e. The third-order valence-corrected chi connectivity index (χ3v) is 4.65. The Bertz CT molecular complexity index is 403. The lowest BCUT2D eigenvalue weighted by Crippen LogP contribution is -2.36. The summed E-state index contributed by atoms with van der Waals surface area (Å²) >= 11 is 9.77. The molecule has 0 aliphatic carbocycles. The fraction of sp³-hybridized carbons (Fsp3) is 0.600. The van der Waals surface area contributed by atoms with Gasteiger partial charge in [0.1, 0.15) is 0 Å². The summed E-state index contributed by atoms with van der Waals surface area (Å²) in [4.78, 5) is 2.51. The number of benzene rings is 1. The Morgan fingerprint density at radius 2 is 2.11 bits per heavy atom. The molecule has 2 nitrogen and oxygen atoms in total. The van der Waals surface area contributed by atoms with E-state index in [2.05, 4.69) is 39.1 Å². The Hall–Kier alpha value is -0.0900. The molecule has 1 heterocycles. The molecule has 0 atom stereocenters. The molecule has 1 saturated heterocycles. The molecule has 0 spiro atoms. The Kier molecular flexibility index (Phi) is 6.14. The van der Waals surface area contributed by atoms with Crippen molar-refractivity contribution in [2.75, 3.05) is 26.2 Å². The average molecular weight is 346 g/mol. The van der Waals surface area contributed by atoms with Gasteiger partial charge in [-0.05, 0) is 68.7 Å². The number of piperidine rings is 1. The normalized spacial score (nSPS) is 17.8. The minimum absolute atomic E-state index is 0.842. The zero-order chi connectivity index (χ0) is 13.7. The highest BCUT2D eigenvalue weighted by Crippen LogP contribution is 2.24. The van der Waals surface area contributed by atoms with Crippen LogP contribution in [0.3, 0.4) is 0 Å². The molecule has 4 heteroatoms. The monoisotopic (exact) mass is 344 g/mol. The summed E-state index contributed by atoms with van der Waals surface area (Å²) in [7, 11) is 0. The second-order valence-electron chi connectivity index (χ2n) is 5.26. The number of nitrogens with zero attached hydrogens (tertiary/aromatic N) is 1. The smallest absolute Gasteiger partial charge is 0.0451 e. The van der Waals surface area contributed by atoms with E-state index in [4.69, 9.17) is 11.6 Å². The van der Waals surface area contributed by atoms with Crippen LogP contribution in [0.4, 0.5) is 0 Å². The van der Waals surface area contributed by atoms with Crippen molar-refractivity contribution < 1.29 is 0 Å². The van der Waals surface area contributed by atoms with Crippen LogP contribution in [0.25, 0.3) is 0 Å². The summed E-state index contributed by atoms with van der Waals surface area (Å²) in [5.41, 5.74) is 1.22. The van der Waals surface area contributed by atoms with Crippen LogP contribution in [-0.4, -0.2) is 31.1 Å². The third kappa shape index (κ3) is 4.75. The molecule has 0 radical (unpaired) electrons. The molecule has 1 aromatic carbocycles. The second kappa shape index (κ2) is 7.63. The van der Waals surface area contributed by atoms with Crippen LogP contribution < -0.4 is 5.32 Å². The van der Waals surface area contributed by atoms with Gasteiger partial charge in [0.2, 0.25) is 0 Å². The van der Waals surface area contributed by atoms with E-state index in [0.717, 1.165) is 28.5 Å². The van der Waals surface area contributed by atoms with Gasteiger partial charge in [0, 0.05) is 16.0 Å². The first-order valence-corrected chi connectivity index (χ1v) is 8.23. The summed E-state index contributed by atoms with van der Waals surface area (Å²) in [6.45, 7) is 7.74. The van der Waals surface area contributed by atoms with Crippen LogP contribution >= 0.6 is 27.5 Å². The molecule has 1 aliphatic rings. The molecule has 0 aromatic heterocycles. The number of rotatable bonds is 5. The lowest BCUT2D eigenvalue weighted by atomic mass is 9.96. The fourth-order valence-corrected chi connectivity index (χ4v) is 3.19. The molecule has 1 aliphatic heterocycles. The fourth-order valence-electron chi connectivity index (χ4n) is 2.60. The van der Waals surface area contributed by atoms with E-state index < -0.39 is 0 Å². The molecule has 0 amide bonds. The zero-order valence-corrected chi connectivity index (χ0v) is 13.8. The average Bonchev–Trinajstić information content (AvgIpc) is 2.42. The van der Waals surface area contributed by atoms with Crippen molar-refractivity contribution >= 4 is 27.5 Å². The van der Waals surface area contributed by atoms with E-state index in [0.29, 0.717) is 0 Å². The molecule has 1 N–H and O–H groups in total. The standard InChI is InChI=1S/C15H22BrClN2/c1-2-18-10-12-5-7-19(8-6-12)11-13-9-14(16)3-4-15(13)17/h3-4,9,12,18H,2,5-8,10-11H2,1H3. The summed E-state index contributed by atoms with van der Waals surface area (Å²) < 4.78 is 1.11. The van der Waals surface area contributed by atoms with Crippen LogP contribution in [0.2, 0.25) is 5.02 Å². The molecule has 2 rings (SSSR count). The molecular weight excluding hydrogens is 324 g/mol. The summed E-state index contributed by atoms with van der Waals surface area (Å²) in [5, 5.41) is 4.33. The van der Waals surface area contributed by atoms with Crippen molar-refractivity contribution in [3.05, 3.63) is 33.3 Å². The Morgan fingerprint density at radius 1 is 1.37 bits per heavy atom. The number of likely N-dealkylation sites (tertiary alicyclic amines) is 1. The van der Waals surface area contributed by atoms with E-state index in [1.165, 1.54) is 38.0 Å². The number of hydrogen-bond donors (Lipinski definition) is 1. The van der Waals surface area contributed by atoms with Gasteiger partial charge in [0.05, 0.1) is 0 Å². The molecule has 1 aromatic rings. The summed E-state index contributed by atoms with van der Waals surface area (Å²) in [6.07, 6.45) is 2.58. The zero-order valence-electron chi connectivity index (χ0n) is 11.5. The molecule has 0 unspecified atom stereocenters. The number of halogens is 2. The van der Waals surface area contributed by atoms with E-state index in [1.54, 1.807) is 0 Å². The SMILES string of the molecule is CCNCC1CCN(Cc2cc(Br)ccc2Cl)CC1. The largest absolute Gasteiger partial charge is 0.317 e. The van der Waals surface area contributed by atoms with Crippen molar-refractivity contribution in [2.24, 2.45) is 5.92 Å². The maximum Gasteiger partial charge on any atom is 0.0451 e. The van der Waals surface area contributed by atoms with Crippen molar-refractivity contribution in [2.45, 2.75) is 26.3 Å². The Morgan fingerprint density at radius 3 is 2.79 bits per heavy atom. The summed E-state index contributed by atoms with van der Waals surface area (Å²) in [5.74, 6) is 0.842. The third-order valence-electron chi connectivity index (χ3n) is 3.79. The van der Waals surface area contributed by atoms with Gasteiger partial charge in [-0.3, -0.25) is 4.90 Å². The topological polar surface area (TPSA) is 15.3 Å². The van der Waals surface area contributed by atoms with E-state index in [-0.39, 0.29) is 0 Å². The van der Waals surface area contributed by atoms with Gasteiger partial charge < -0.3 is 5.32 Å². The van der Waals surface area contributed by atoms with Gasteiger partial charge in [-0.1, -0.05) is 34.5 Å². The van der Waals surface area contributed by atoms with Gasteiger partial charge in [-0.2, -0.15) is 0 Å². The highest BCUT2D eigenvalue weighted by Gasteiger charge is 2.19. The van der Waals surface area contributed by atoms with Crippen LogP contribution in [0, 0.1) is 5.92 Å². The predicted octanol–water partition coefficient (Wildman–Crippen LogP) is 3.92. The van der Waals surface area contributed by atoms with E-state index in [1.807, 2.05) is 12.1 Å². The van der Waals surface area contributed by atoms with Crippen molar-refractivity contribution in [1.82, 2.24) is 10.2 Å². The van der Waals surface area contributed by atoms with Crippen molar-refractivity contribution in [1.29, 1.82) is 0 Å². The highest BCUT2D eigenvalue weighted by molar-refractivity contribution is 9.10. The van der Waals surface area contributed by atoms with Crippen LogP contribution in [0.5, 0.6) is 0 Å². The van der Waals surface area contributed by atoms with Crippen molar-refractivity contribution in [3.63, 3.8) is 0 Å². The molecule has 0 bridgehead atoms. The molecule has 106 valence electrons. The summed E-state index contributed by atoms with van der Waals surface area (Å²) in [6, 6.07) is 6.10. The molecule has 0 saturated carbocycles. The maximum absolute atomic E-state index is 6.26. The molecule has 19 heavy (non-hydrogen) atoms.